The number of carbonyl (C=O) groups excluding carboxylic acids is 1. The highest BCUT2D eigenvalue weighted by molar-refractivity contribution is 7.18. The first-order valence-corrected chi connectivity index (χ1v) is 9.37. The van der Waals surface area contributed by atoms with Crippen molar-refractivity contribution in [2.75, 3.05) is 21.3 Å². The van der Waals surface area contributed by atoms with Gasteiger partial charge in [-0.3, -0.25) is 4.79 Å². The normalized spacial score (nSPS) is 12.3. The number of hydrogen-bond donors (Lipinski definition) is 0. The Balaban J connectivity index is 1.76. The van der Waals surface area contributed by atoms with Gasteiger partial charge in [-0.15, -0.1) is 11.3 Å². The van der Waals surface area contributed by atoms with Gasteiger partial charge in [0, 0.05) is 24.8 Å². The minimum Gasteiger partial charge on any atom is -0.497 e. The molecule has 0 aliphatic heterocycles. The number of methoxy groups -OCH3 is 2. The molecule has 140 valence electrons. The molecule has 0 saturated carbocycles. The highest BCUT2D eigenvalue weighted by Gasteiger charge is 2.19. The second-order valence-corrected chi connectivity index (χ2v) is 7.15. The van der Waals surface area contributed by atoms with E-state index < -0.39 is 0 Å². The van der Waals surface area contributed by atoms with E-state index in [1.807, 2.05) is 43.3 Å². The third kappa shape index (κ3) is 4.11. The molecule has 5 nitrogen and oxygen atoms in total. The number of likely N-dealkylation sites (N-methyl/N-ethyl adjacent to an activating group) is 1. The van der Waals surface area contributed by atoms with Crippen molar-refractivity contribution in [3.63, 3.8) is 0 Å². The summed E-state index contributed by atoms with van der Waals surface area (Å²) >= 11 is 1.61. The summed E-state index contributed by atoms with van der Waals surface area (Å²) in [7, 11) is 4.98. The zero-order valence-corrected chi connectivity index (χ0v) is 16.6. The van der Waals surface area contributed by atoms with Crippen molar-refractivity contribution in [2.24, 2.45) is 0 Å². The van der Waals surface area contributed by atoms with E-state index in [0.29, 0.717) is 11.5 Å². The molecule has 1 atom stereocenters. The third-order valence-electron chi connectivity index (χ3n) is 4.44. The molecule has 1 heterocycles. The van der Waals surface area contributed by atoms with Crippen LogP contribution in [-0.4, -0.2) is 37.1 Å². The Hall–Kier alpha value is -2.86. The van der Waals surface area contributed by atoms with Crippen LogP contribution in [0.4, 0.5) is 0 Å². The van der Waals surface area contributed by atoms with Crippen LogP contribution in [0.5, 0.6) is 11.5 Å². The predicted molar refractivity (Wildman–Crippen MR) is 109 cm³/mol. The summed E-state index contributed by atoms with van der Waals surface area (Å²) in [5.74, 6) is 1.26. The van der Waals surface area contributed by atoms with Gasteiger partial charge in [0.15, 0.2) is 0 Å². The number of rotatable bonds is 6. The molecule has 0 fully saturated rings. The van der Waals surface area contributed by atoms with Gasteiger partial charge in [0.2, 0.25) is 5.91 Å². The number of amides is 1. The Morgan fingerprint density at radius 3 is 2.67 bits per heavy atom. The van der Waals surface area contributed by atoms with E-state index >= 15 is 0 Å². The number of para-hydroxylation sites is 1. The molecular formula is C21H22N2O3S. The van der Waals surface area contributed by atoms with E-state index in [4.69, 9.17) is 9.47 Å². The molecule has 0 saturated heterocycles. The van der Waals surface area contributed by atoms with Crippen molar-refractivity contribution in [2.45, 2.75) is 13.0 Å². The topological polar surface area (TPSA) is 51.7 Å². The van der Waals surface area contributed by atoms with Gasteiger partial charge in [-0.2, -0.15) is 0 Å². The molecule has 3 rings (SSSR count). The molecule has 27 heavy (non-hydrogen) atoms. The minimum absolute atomic E-state index is 0.0976. The summed E-state index contributed by atoms with van der Waals surface area (Å²) in [4.78, 5) is 19.0. The highest BCUT2D eigenvalue weighted by Crippen LogP contribution is 2.29. The van der Waals surface area contributed by atoms with E-state index in [2.05, 4.69) is 4.98 Å². The van der Waals surface area contributed by atoms with Crippen molar-refractivity contribution >= 4 is 33.5 Å². The second kappa shape index (κ2) is 8.22. The molecule has 0 unspecified atom stereocenters. The lowest BCUT2D eigenvalue weighted by atomic mass is 10.1. The van der Waals surface area contributed by atoms with Crippen LogP contribution in [0.3, 0.4) is 0 Å². The maximum absolute atomic E-state index is 12.6. The molecule has 0 aliphatic carbocycles. The molecule has 0 bridgehead atoms. The van der Waals surface area contributed by atoms with Gasteiger partial charge in [0.05, 0.1) is 30.5 Å². The fourth-order valence-electron chi connectivity index (χ4n) is 2.66. The van der Waals surface area contributed by atoms with Gasteiger partial charge in [-0.05, 0) is 37.3 Å². The number of ether oxygens (including phenoxy) is 2. The van der Waals surface area contributed by atoms with Crippen LogP contribution in [0.1, 0.15) is 23.5 Å². The van der Waals surface area contributed by atoms with E-state index in [9.17, 15) is 4.79 Å². The number of hydrogen-bond acceptors (Lipinski definition) is 5. The van der Waals surface area contributed by atoms with Crippen LogP contribution in [0.2, 0.25) is 0 Å². The average molecular weight is 382 g/mol. The van der Waals surface area contributed by atoms with Gasteiger partial charge in [0.25, 0.3) is 0 Å². The van der Waals surface area contributed by atoms with Gasteiger partial charge in [0.1, 0.15) is 16.5 Å². The first kappa shape index (κ1) is 18.9. The van der Waals surface area contributed by atoms with Crippen molar-refractivity contribution in [3.8, 4) is 11.5 Å². The summed E-state index contributed by atoms with van der Waals surface area (Å²) in [6, 6.07) is 13.4. The van der Waals surface area contributed by atoms with Crippen molar-refractivity contribution in [3.05, 3.63) is 59.1 Å². The molecular weight excluding hydrogens is 360 g/mol. The standard InChI is InChI=1S/C21H22N2O3S/c1-14(21-22-17-7-5-6-8-19(17)27-21)23(2)20(24)12-10-15-9-11-16(25-3)13-18(15)26-4/h5-14H,1-4H3/b12-10+/t14-/m0/s1. The third-order valence-corrected chi connectivity index (χ3v) is 5.65. The molecule has 1 amide bonds. The summed E-state index contributed by atoms with van der Waals surface area (Å²) in [6.07, 6.45) is 3.30. The van der Waals surface area contributed by atoms with Gasteiger partial charge in [-0.1, -0.05) is 12.1 Å². The second-order valence-electron chi connectivity index (χ2n) is 6.09. The largest absolute Gasteiger partial charge is 0.497 e. The maximum Gasteiger partial charge on any atom is 0.246 e. The van der Waals surface area contributed by atoms with Crippen molar-refractivity contribution in [1.29, 1.82) is 0 Å². The fourth-order valence-corrected chi connectivity index (χ4v) is 3.72. The van der Waals surface area contributed by atoms with E-state index in [-0.39, 0.29) is 11.9 Å². The first-order valence-electron chi connectivity index (χ1n) is 8.56. The quantitative estimate of drug-likeness (QED) is 0.587. The Morgan fingerprint density at radius 2 is 1.96 bits per heavy atom. The van der Waals surface area contributed by atoms with Gasteiger partial charge in [-0.25, -0.2) is 4.98 Å². The SMILES string of the molecule is COc1ccc(/C=C/C(=O)N(C)[C@@H](C)c2nc3ccccc3s2)c(OC)c1. The minimum atomic E-state index is -0.114. The smallest absolute Gasteiger partial charge is 0.246 e. The average Bonchev–Trinajstić information content (AvgIpc) is 3.14. The number of carbonyl (C=O) groups is 1. The van der Waals surface area contributed by atoms with Crippen molar-refractivity contribution in [1.82, 2.24) is 9.88 Å². The predicted octanol–water partition coefficient (Wildman–Crippen LogP) is 4.55. The molecule has 0 spiro atoms. The zero-order chi connectivity index (χ0) is 19.4. The Bertz CT molecular complexity index is 947. The summed E-state index contributed by atoms with van der Waals surface area (Å²) in [6.45, 7) is 1.98. The lowest BCUT2D eigenvalue weighted by Crippen LogP contribution is -2.27. The molecule has 0 N–H and O–H groups in total. The molecule has 1 aromatic heterocycles. The van der Waals surface area contributed by atoms with E-state index in [0.717, 1.165) is 20.8 Å². The number of thiazole rings is 1. The van der Waals surface area contributed by atoms with Crippen LogP contribution in [0.15, 0.2) is 48.5 Å². The van der Waals surface area contributed by atoms with Crippen LogP contribution in [0.25, 0.3) is 16.3 Å². The molecule has 3 aromatic rings. The Morgan fingerprint density at radius 1 is 1.19 bits per heavy atom. The summed E-state index contributed by atoms with van der Waals surface area (Å²) < 4.78 is 11.7. The summed E-state index contributed by atoms with van der Waals surface area (Å²) in [5, 5.41) is 0.919. The molecule has 6 heteroatoms. The lowest BCUT2D eigenvalue weighted by Gasteiger charge is -2.21. The van der Waals surface area contributed by atoms with E-state index in [1.165, 1.54) is 0 Å². The Labute approximate surface area is 162 Å². The highest BCUT2D eigenvalue weighted by atomic mass is 32.1. The first-order chi connectivity index (χ1) is 13.0. The number of aromatic nitrogens is 1. The molecule has 2 aromatic carbocycles. The Kier molecular flexibility index (Phi) is 5.76. The maximum atomic E-state index is 12.6. The van der Waals surface area contributed by atoms with Crippen LogP contribution < -0.4 is 9.47 Å². The molecule has 0 radical (unpaired) electrons. The monoisotopic (exact) mass is 382 g/mol. The number of nitrogens with zero attached hydrogens (tertiary/aromatic N) is 2. The molecule has 0 aliphatic rings. The summed E-state index contributed by atoms with van der Waals surface area (Å²) in [5.41, 5.74) is 1.77. The van der Waals surface area contributed by atoms with Gasteiger partial charge < -0.3 is 14.4 Å². The zero-order valence-electron chi connectivity index (χ0n) is 15.8. The van der Waals surface area contributed by atoms with Crippen LogP contribution in [-0.2, 0) is 4.79 Å². The van der Waals surface area contributed by atoms with Crippen LogP contribution in [0, 0.1) is 0 Å². The van der Waals surface area contributed by atoms with E-state index in [1.54, 1.807) is 55.7 Å². The fraction of sp³-hybridized carbons (Fsp3) is 0.238. The van der Waals surface area contributed by atoms with Crippen molar-refractivity contribution < 1.29 is 14.3 Å². The van der Waals surface area contributed by atoms with Crippen LogP contribution >= 0.6 is 11.3 Å². The number of benzene rings is 2. The van der Waals surface area contributed by atoms with Gasteiger partial charge >= 0.3 is 0 Å². The lowest BCUT2D eigenvalue weighted by molar-refractivity contribution is -0.126. The number of fused-ring (bicyclic) bond motifs is 1.